The Balaban J connectivity index is 1.99. The molecule has 1 saturated heterocycles. The lowest BCUT2D eigenvalue weighted by Gasteiger charge is -2.35. The number of likely N-dealkylation sites (tertiary alicyclic amines) is 1. The highest BCUT2D eigenvalue weighted by Crippen LogP contribution is 2.39. The van der Waals surface area contributed by atoms with Crippen molar-refractivity contribution >= 4 is 21.8 Å². The van der Waals surface area contributed by atoms with Crippen molar-refractivity contribution in [1.29, 1.82) is 0 Å². The summed E-state index contributed by atoms with van der Waals surface area (Å²) < 4.78 is 0. The average molecular weight is 330 g/mol. The lowest BCUT2D eigenvalue weighted by Crippen LogP contribution is -2.40. The number of rotatable bonds is 4. The molecule has 1 heterocycles. The van der Waals surface area contributed by atoms with E-state index in [2.05, 4.69) is 34.7 Å². The minimum absolute atomic E-state index is 0.345. The molecule has 110 valence electrons. The van der Waals surface area contributed by atoms with E-state index in [1.165, 1.54) is 38.5 Å². The summed E-state index contributed by atoms with van der Waals surface area (Å²) in [7, 11) is 0. The highest BCUT2D eigenvalue weighted by molar-refractivity contribution is 9.09. The van der Waals surface area contributed by atoms with Crippen molar-refractivity contribution in [3.63, 3.8) is 0 Å². The van der Waals surface area contributed by atoms with Crippen molar-refractivity contribution < 1.29 is 4.79 Å². The van der Waals surface area contributed by atoms with Crippen molar-refractivity contribution in [3.8, 4) is 0 Å². The molecule has 0 aromatic carbocycles. The molecule has 19 heavy (non-hydrogen) atoms. The topological polar surface area (TPSA) is 20.3 Å². The molecule has 0 bridgehead atoms. The Morgan fingerprint density at radius 3 is 2.37 bits per heavy atom. The van der Waals surface area contributed by atoms with Gasteiger partial charge in [-0.3, -0.25) is 4.79 Å². The summed E-state index contributed by atoms with van der Waals surface area (Å²) in [5, 5.41) is 1.05. The third-order valence-electron chi connectivity index (χ3n) is 5.16. The third-order valence-corrected chi connectivity index (χ3v) is 6.35. The van der Waals surface area contributed by atoms with Crippen LogP contribution in [0.2, 0.25) is 0 Å². The summed E-state index contributed by atoms with van der Waals surface area (Å²) in [5.74, 6) is 1.59. The van der Waals surface area contributed by atoms with Crippen LogP contribution < -0.4 is 0 Å². The Labute approximate surface area is 126 Å². The van der Waals surface area contributed by atoms with Crippen molar-refractivity contribution in [2.45, 2.75) is 58.8 Å². The Morgan fingerprint density at radius 2 is 1.89 bits per heavy atom. The number of carbonyl (C=O) groups is 1. The van der Waals surface area contributed by atoms with Crippen LogP contribution >= 0.6 is 15.9 Å². The largest absolute Gasteiger partial charge is 0.342 e. The minimum Gasteiger partial charge on any atom is -0.342 e. The van der Waals surface area contributed by atoms with Gasteiger partial charge in [0.05, 0.1) is 0 Å². The molecular formula is C16H28BrNO. The molecular weight excluding hydrogens is 302 g/mol. The fourth-order valence-corrected chi connectivity index (χ4v) is 4.36. The number of hydrogen-bond donors (Lipinski definition) is 0. The van der Waals surface area contributed by atoms with Crippen molar-refractivity contribution in [1.82, 2.24) is 4.90 Å². The summed E-state index contributed by atoms with van der Waals surface area (Å²) in [6.07, 6.45) is 8.76. The number of carbonyl (C=O) groups excluding carboxylic acids is 1. The number of nitrogens with zero attached hydrogens (tertiary/aromatic N) is 1. The van der Waals surface area contributed by atoms with E-state index in [1.54, 1.807) is 0 Å². The van der Waals surface area contributed by atoms with Crippen LogP contribution in [0, 0.1) is 17.3 Å². The molecule has 0 aromatic heterocycles. The normalized spacial score (nSPS) is 27.9. The summed E-state index contributed by atoms with van der Waals surface area (Å²) >= 11 is 3.74. The predicted octanol–water partition coefficient (Wildman–Crippen LogP) is 4.23. The molecule has 3 heteroatoms. The molecule has 1 atom stereocenters. The highest BCUT2D eigenvalue weighted by Gasteiger charge is 2.38. The first-order valence-corrected chi connectivity index (χ1v) is 9.02. The van der Waals surface area contributed by atoms with Crippen molar-refractivity contribution in [2.75, 3.05) is 18.4 Å². The van der Waals surface area contributed by atoms with Gasteiger partial charge in [-0.05, 0) is 30.1 Å². The molecule has 1 amide bonds. The van der Waals surface area contributed by atoms with E-state index in [9.17, 15) is 4.79 Å². The van der Waals surface area contributed by atoms with Gasteiger partial charge in [0.25, 0.3) is 0 Å². The zero-order valence-electron chi connectivity index (χ0n) is 12.5. The Hall–Kier alpha value is -0.0500. The van der Waals surface area contributed by atoms with E-state index >= 15 is 0 Å². The van der Waals surface area contributed by atoms with Gasteiger partial charge in [-0.2, -0.15) is 0 Å². The molecule has 1 aliphatic carbocycles. The maximum atomic E-state index is 12.2. The van der Waals surface area contributed by atoms with Gasteiger partial charge in [0, 0.05) is 24.8 Å². The first-order valence-electron chi connectivity index (χ1n) is 7.90. The lowest BCUT2D eigenvalue weighted by atomic mass is 9.82. The van der Waals surface area contributed by atoms with Crippen molar-refractivity contribution in [3.05, 3.63) is 0 Å². The summed E-state index contributed by atoms with van der Waals surface area (Å²) in [6.45, 7) is 6.46. The van der Waals surface area contributed by atoms with E-state index in [0.717, 1.165) is 24.8 Å². The zero-order valence-corrected chi connectivity index (χ0v) is 14.0. The van der Waals surface area contributed by atoms with E-state index in [0.29, 0.717) is 23.2 Å². The van der Waals surface area contributed by atoms with Crippen LogP contribution in [0.3, 0.4) is 0 Å². The maximum Gasteiger partial charge on any atom is 0.222 e. The fraction of sp³-hybridized carbons (Fsp3) is 0.938. The van der Waals surface area contributed by atoms with E-state index in [4.69, 9.17) is 0 Å². The molecule has 1 aliphatic heterocycles. The van der Waals surface area contributed by atoms with Crippen LogP contribution in [-0.2, 0) is 4.79 Å². The zero-order chi connectivity index (χ0) is 13.9. The van der Waals surface area contributed by atoms with Crippen molar-refractivity contribution in [2.24, 2.45) is 17.3 Å². The van der Waals surface area contributed by atoms with Gasteiger partial charge in [-0.25, -0.2) is 0 Å². The van der Waals surface area contributed by atoms with Gasteiger partial charge < -0.3 is 4.90 Å². The van der Waals surface area contributed by atoms with E-state index < -0.39 is 0 Å². The molecule has 0 aromatic rings. The SMILES string of the molecule is CC(C)C1CC(=O)N(CC2(CBr)CCCCCC2)C1. The standard InChI is InChI=1S/C16H28BrNO/c1-13(2)14-9-15(19)18(10-14)12-16(11-17)7-5-3-4-6-8-16/h13-14H,3-12H2,1-2H3. The van der Waals surface area contributed by atoms with Crippen LogP contribution in [0.25, 0.3) is 0 Å². The van der Waals surface area contributed by atoms with Gasteiger partial charge in [0.15, 0.2) is 0 Å². The second-order valence-electron chi connectivity index (χ2n) is 7.03. The number of amides is 1. The first kappa shape index (κ1) is 15.3. The van der Waals surface area contributed by atoms with E-state index in [-0.39, 0.29) is 0 Å². The number of hydrogen-bond acceptors (Lipinski definition) is 1. The quantitative estimate of drug-likeness (QED) is 0.558. The molecule has 0 radical (unpaired) electrons. The fourth-order valence-electron chi connectivity index (χ4n) is 3.62. The van der Waals surface area contributed by atoms with Gasteiger partial charge in [-0.1, -0.05) is 55.5 Å². The second kappa shape index (κ2) is 6.60. The Bertz CT molecular complexity index is 308. The molecule has 1 unspecified atom stereocenters. The summed E-state index contributed by atoms with van der Waals surface area (Å²) in [5.41, 5.74) is 0.345. The van der Waals surface area contributed by atoms with Gasteiger partial charge in [0.2, 0.25) is 5.91 Å². The van der Waals surface area contributed by atoms with Crippen LogP contribution in [0.5, 0.6) is 0 Å². The van der Waals surface area contributed by atoms with Crippen LogP contribution in [0.15, 0.2) is 0 Å². The molecule has 2 nitrogen and oxygen atoms in total. The lowest BCUT2D eigenvalue weighted by molar-refractivity contribution is -0.129. The molecule has 0 spiro atoms. The predicted molar refractivity (Wildman–Crippen MR) is 83.5 cm³/mol. The Kier molecular flexibility index (Phi) is 5.33. The molecule has 2 fully saturated rings. The minimum atomic E-state index is 0.345. The summed E-state index contributed by atoms with van der Waals surface area (Å²) in [4.78, 5) is 14.4. The molecule has 2 aliphatic rings. The molecule has 0 N–H and O–H groups in total. The van der Waals surface area contributed by atoms with Gasteiger partial charge in [-0.15, -0.1) is 0 Å². The molecule has 2 rings (SSSR count). The van der Waals surface area contributed by atoms with Crippen LogP contribution in [-0.4, -0.2) is 29.2 Å². The number of alkyl halides is 1. The first-order chi connectivity index (χ1) is 9.06. The highest BCUT2D eigenvalue weighted by atomic mass is 79.9. The smallest absolute Gasteiger partial charge is 0.222 e. The monoisotopic (exact) mass is 329 g/mol. The van der Waals surface area contributed by atoms with Crippen LogP contribution in [0.4, 0.5) is 0 Å². The Morgan fingerprint density at radius 1 is 1.26 bits per heavy atom. The molecule has 1 saturated carbocycles. The van der Waals surface area contributed by atoms with Gasteiger partial charge in [0.1, 0.15) is 0 Å². The maximum absolute atomic E-state index is 12.2. The average Bonchev–Trinajstić information content (AvgIpc) is 2.62. The second-order valence-corrected chi connectivity index (χ2v) is 7.59. The summed E-state index contributed by atoms with van der Waals surface area (Å²) in [6, 6.07) is 0. The van der Waals surface area contributed by atoms with E-state index in [1.807, 2.05) is 0 Å². The number of halogens is 1. The van der Waals surface area contributed by atoms with Crippen LogP contribution in [0.1, 0.15) is 58.8 Å². The third kappa shape index (κ3) is 3.74. The van der Waals surface area contributed by atoms with Gasteiger partial charge >= 0.3 is 0 Å².